The van der Waals surface area contributed by atoms with Gasteiger partial charge in [0.15, 0.2) is 5.82 Å². The summed E-state index contributed by atoms with van der Waals surface area (Å²) < 4.78 is 1.65. The maximum absolute atomic E-state index is 12.2. The molecule has 1 aromatic carbocycles. The maximum atomic E-state index is 12.2. The van der Waals surface area contributed by atoms with Crippen molar-refractivity contribution in [1.29, 1.82) is 0 Å². The topological polar surface area (TPSA) is 70.4 Å². The van der Waals surface area contributed by atoms with Crippen LogP contribution in [0.4, 0.5) is 10.6 Å². The van der Waals surface area contributed by atoms with Gasteiger partial charge in [-0.2, -0.15) is 5.10 Å². The Bertz CT molecular complexity index is 648. The van der Waals surface area contributed by atoms with Gasteiger partial charge in [-0.1, -0.05) is 30.3 Å². The molecule has 3 rings (SSSR count). The molecule has 6 nitrogen and oxygen atoms in total. The van der Waals surface area contributed by atoms with Crippen LogP contribution in [0.1, 0.15) is 24.5 Å². The minimum atomic E-state index is -0.461. The van der Waals surface area contributed by atoms with Gasteiger partial charge in [-0.3, -0.25) is 10.00 Å². The molecule has 1 unspecified atom stereocenters. The minimum absolute atomic E-state index is 0.128. The Morgan fingerprint density at radius 3 is 2.57 bits per heavy atom. The fourth-order valence-corrected chi connectivity index (χ4v) is 3.01. The van der Waals surface area contributed by atoms with Crippen molar-refractivity contribution in [1.82, 2.24) is 14.7 Å². The van der Waals surface area contributed by atoms with Crippen molar-refractivity contribution in [2.45, 2.75) is 18.9 Å². The summed E-state index contributed by atoms with van der Waals surface area (Å²) in [5, 5.41) is 17.4. The van der Waals surface area contributed by atoms with E-state index >= 15 is 0 Å². The van der Waals surface area contributed by atoms with Crippen molar-refractivity contribution in [2.24, 2.45) is 13.0 Å². The fraction of sp³-hybridized carbons (Fsp3) is 0.412. The highest BCUT2D eigenvalue weighted by Crippen LogP contribution is 2.30. The van der Waals surface area contributed by atoms with E-state index in [4.69, 9.17) is 0 Å². The van der Waals surface area contributed by atoms with Gasteiger partial charge in [0.25, 0.3) is 0 Å². The molecule has 2 heterocycles. The van der Waals surface area contributed by atoms with Gasteiger partial charge in [-0.15, -0.1) is 0 Å². The second-order valence-electron chi connectivity index (χ2n) is 5.98. The predicted octanol–water partition coefficient (Wildman–Crippen LogP) is 2.40. The predicted molar refractivity (Wildman–Crippen MR) is 87.9 cm³/mol. The van der Waals surface area contributed by atoms with Crippen LogP contribution in [0.5, 0.6) is 0 Å². The molecular formula is C17H22N4O2. The van der Waals surface area contributed by atoms with E-state index in [1.165, 1.54) is 0 Å². The summed E-state index contributed by atoms with van der Waals surface area (Å²) in [6.45, 7) is 1.29. The monoisotopic (exact) mass is 314 g/mol. The van der Waals surface area contributed by atoms with Gasteiger partial charge in [-0.05, 0) is 24.3 Å². The Morgan fingerprint density at radius 1 is 1.26 bits per heavy atom. The van der Waals surface area contributed by atoms with E-state index in [0.29, 0.717) is 18.9 Å². The van der Waals surface area contributed by atoms with Crippen molar-refractivity contribution in [3.05, 3.63) is 48.2 Å². The van der Waals surface area contributed by atoms with Crippen LogP contribution in [0.15, 0.2) is 42.6 Å². The van der Waals surface area contributed by atoms with Crippen LogP contribution in [0.3, 0.4) is 0 Å². The van der Waals surface area contributed by atoms with Crippen molar-refractivity contribution >= 4 is 11.8 Å². The van der Waals surface area contributed by atoms with Crippen LogP contribution in [0, 0.1) is 5.92 Å². The SMILES string of the molecule is Cn1ccc(NC(=O)N2CCC(C(O)c3ccccc3)CC2)n1. The lowest BCUT2D eigenvalue weighted by molar-refractivity contribution is 0.0683. The lowest BCUT2D eigenvalue weighted by atomic mass is 9.87. The molecule has 23 heavy (non-hydrogen) atoms. The number of aliphatic hydroxyl groups excluding tert-OH is 1. The standard InChI is InChI=1S/C17H22N4O2/c1-20-10-9-15(19-20)18-17(23)21-11-7-14(8-12-21)16(22)13-5-3-2-4-6-13/h2-6,9-10,14,16,22H,7-8,11-12H2,1H3,(H,18,19,23). The van der Waals surface area contributed by atoms with Gasteiger partial charge in [-0.25, -0.2) is 4.79 Å². The first-order valence-electron chi connectivity index (χ1n) is 7.92. The van der Waals surface area contributed by atoms with Crippen LogP contribution in [0.25, 0.3) is 0 Å². The molecule has 0 spiro atoms. The summed E-state index contributed by atoms with van der Waals surface area (Å²) in [6.07, 6.45) is 2.92. The Balaban J connectivity index is 1.53. The Morgan fingerprint density at radius 2 is 1.96 bits per heavy atom. The molecule has 2 amide bonds. The molecule has 1 saturated heterocycles. The second kappa shape index (κ2) is 6.83. The smallest absolute Gasteiger partial charge is 0.323 e. The molecule has 1 aliphatic rings. The average molecular weight is 314 g/mol. The van der Waals surface area contributed by atoms with E-state index in [-0.39, 0.29) is 11.9 Å². The van der Waals surface area contributed by atoms with E-state index in [1.807, 2.05) is 37.4 Å². The Kier molecular flexibility index (Phi) is 4.62. The molecule has 0 aliphatic carbocycles. The summed E-state index contributed by atoms with van der Waals surface area (Å²) in [5.74, 6) is 0.750. The number of aromatic nitrogens is 2. The molecule has 1 aliphatic heterocycles. The highest BCUT2D eigenvalue weighted by molar-refractivity contribution is 5.88. The van der Waals surface area contributed by atoms with Crippen LogP contribution in [0.2, 0.25) is 0 Å². The summed E-state index contributed by atoms with van der Waals surface area (Å²) >= 11 is 0. The van der Waals surface area contributed by atoms with E-state index < -0.39 is 6.10 Å². The number of aryl methyl sites for hydroxylation is 1. The number of nitrogens with zero attached hydrogens (tertiary/aromatic N) is 3. The van der Waals surface area contributed by atoms with E-state index in [1.54, 1.807) is 21.8 Å². The minimum Gasteiger partial charge on any atom is -0.388 e. The van der Waals surface area contributed by atoms with Crippen LogP contribution in [-0.2, 0) is 7.05 Å². The number of nitrogens with one attached hydrogen (secondary N) is 1. The van der Waals surface area contributed by atoms with Gasteiger partial charge in [0, 0.05) is 32.4 Å². The first-order valence-corrected chi connectivity index (χ1v) is 7.92. The number of aliphatic hydroxyl groups is 1. The molecule has 0 radical (unpaired) electrons. The summed E-state index contributed by atoms with van der Waals surface area (Å²) in [7, 11) is 1.81. The third kappa shape index (κ3) is 3.71. The number of carbonyl (C=O) groups is 1. The number of likely N-dealkylation sites (tertiary alicyclic amines) is 1. The normalized spacial score (nSPS) is 17.0. The zero-order valence-corrected chi connectivity index (χ0v) is 13.2. The third-order valence-corrected chi connectivity index (χ3v) is 4.36. The number of rotatable bonds is 3. The number of hydrogen-bond acceptors (Lipinski definition) is 3. The number of hydrogen-bond donors (Lipinski definition) is 2. The number of urea groups is 1. The van der Waals surface area contributed by atoms with Gasteiger partial charge in [0.2, 0.25) is 0 Å². The maximum Gasteiger partial charge on any atom is 0.323 e. The fourth-order valence-electron chi connectivity index (χ4n) is 3.01. The molecule has 0 saturated carbocycles. The first kappa shape index (κ1) is 15.6. The third-order valence-electron chi connectivity index (χ3n) is 4.36. The van der Waals surface area contributed by atoms with E-state index in [2.05, 4.69) is 10.4 Å². The lowest BCUT2D eigenvalue weighted by Gasteiger charge is -2.34. The number of amides is 2. The van der Waals surface area contributed by atoms with Gasteiger partial charge in [0.05, 0.1) is 6.10 Å². The van der Waals surface area contributed by atoms with Crippen molar-refractivity contribution in [3.63, 3.8) is 0 Å². The lowest BCUT2D eigenvalue weighted by Crippen LogP contribution is -2.42. The quantitative estimate of drug-likeness (QED) is 0.914. The molecular weight excluding hydrogens is 292 g/mol. The zero-order chi connectivity index (χ0) is 16.2. The van der Waals surface area contributed by atoms with Crippen LogP contribution in [-0.4, -0.2) is 38.9 Å². The van der Waals surface area contributed by atoms with Gasteiger partial charge in [0.1, 0.15) is 0 Å². The van der Waals surface area contributed by atoms with Crippen LogP contribution >= 0.6 is 0 Å². The van der Waals surface area contributed by atoms with Crippen molar-refractivity contribution in [3.8, 4) is 0 Å². The molecule has 2 aromatic rings. The summed E-state index contributed by atoms with van der Waals surface area (Å²) in [6, 6.07) is 11.4. The Hall–Kier alpha value is -2.34. The average Bonchev–Trinajstić information content (AvgIpc) is 3.00. The molecule has 1 aromatic heterocycles. The van der Waals surface area contributed by atoms with Crippen LogP contribution < -0.4 is 5.32 Å². The second-order valence-corrected chi connectivity index (χ2v) is 5.98. The van der Waals surface area contributed by atoms with Crippen molar-refractivity contribution in [2.75, 3.05) is 18.4 Å². The molecule has 122 valence electrons. The van der Waals surface area contributed by atoms with E-state index in [0.717, 1.165) is 18.4 Å². The largest absolute Gasteiger partial charge is 0.388 e. The highest BCUT2D eigenvalue weighted by Gasteiger charge is 2.28. The van der Waals surface area contributed by atoms with Gasteiger partial charge < -0.3 is 10.0 Å². The number of anilines is 1. The highest BCUT2D eigenvalue weighted by atomic mass is 16.3. The van der Waals surface area contributed by atoms with Crippen molar-refractivity contribution < 1.29 is 9.90 Å². The zero-order valence-electron chi connectivity index (χ0n) is 13.2. The molecule has 1 atom stereocenters. The first-order chi connectivity index (χ1) is 11.1. The Labute approximate surface area is 135 Å². The summed E-state index contributed by atoms with van der Waals surface area (Å²) in [4.78, 5) is 14.0. The molecule has 2 N–H and O–H groups in total. The summed E-state index contributed by atoms with van der Waals surface area (Å²) in [5.41, 5.74) is 0.948. The van der Waals surface area contributed by atoms with Gasteiger partial charge >= 0.3 is 6.03 Å². The number of piperidine rings is 1. The number of benzene rings is 1. The molecule has 1 fully saturated rings. The van der Waals surface area contributed by atoms with E-state index in [9.17, 15) is 9.90 Å². The number of carbonyl (C=O) groups excluding carboxylic acids is 1. The molecule has 6 heteroatoms. The molecule has 0 bridgehead atoms.